The molecule has 0 radical (unpaired) electrons. The highest BCUT2D eigenvalue weighted by atomic mass is 16.5. The van der Waals surface area contributed by atoms with Crippen LogP contribution in [-0.2, 0) is 4.79 Å². The van der Waals surface area contributed by atoms with Gasteiger partial charge in [0, 0.05) is 18.7 Å². The third kappa shape index (κ3) is 4.35. The van der Waals surface area contributed by atoms with Crippen LogP contribution >= 0.6 is 0 Å². The van der Waals surface area contributed by atoms with E-state index in [4.69, 9.17) is 10.5 Å². The summed E-state index contributed by atoms with van der Waals surface area (Å²) in [6.07, 6.45) is 0. The van der Waals surface area contributed by atoms with Crippen molar-refractivity contribution in [3.05, 3.63) is 18.2 Å². The summed E-state index contributed by atoms with van der Waals surface area (Å²) in [4.78, 5) is 13.8. The summed E-state index contributed by atoms with van der Waals surface area (Å²) >= 11 is 0. The highest BCUT2D eigenvalue weighted by Crippen LogP contribution is 2.27. The molecule has 0 atom stereocenters. The quantitative estimate of drug-likeness (QED) is 0.767. The van der Waals surface area contributed by atoms with E-state index in [-0.39, 0.29) is 18.5 Å². The number of anilines is 2. The molecule has 1 aromatic rings. The number of nitrogens with zero attached hydrogens (tertiary/aromatic N) is 1. The van der Waals surface area contributed by atoms with Crippen LogP contribution in [0.2, 0.25) is 0 Å². The number of carbonyl (C=O) groups is 1. The number of hydrogen-bond acceptors (Lipinski definition) is 4. The lowest BCUT2D eigenvalue weighted by atomic mass is 10.2. The number of nitrogen functional groups attached to an aromatic ring is 1. The van der Waals surface area contributed by atoms with Gasteiger partial charge in [-0.15, -0.1) is 0 Å². The van der Waals surface area contributed by atoms with Crippen LogP contribution in [-0.4, -0.2) is 32.1 Å². The summed E-state index contributed by atoms with van der Waals surface area (Å²) in [6, 6.07) is 5.58. The van der Waals surface area contributed by atoms with Gasteiger partial charge in [-0.3, -0.25) is 4.79 Å². The van der Waals surface area contributed by atoms with Crippen molar-refractivity contribution in [2.45, 2.75) is 26.8 Å². The van der Waals surface area contributed by atoms with Gasteiger partial charge in [0.1, 0.15) is 5.75 Å². The molecule has 0 spiro atoms. The molecular formula is C14H23N3O2. The Morgan fingerprint density at radius 1 is 1.47 bits per heavy atom. The number of carbonyl (C=O) groups excluding carboxylic acids is 1. The van der Waals surface area contributed by atoms with E-state index in [2.05, 4.69) is 5.32 Å². The normalized spacial score (nSPS) is 10.4. The predicted molar refractivity (Wildman–Crippen MR) is 78.6 cm³/mol. The lowest BCUT2D eigenvalue weighted by molar-refractivity contribution is -0.120. The van der Waals surface area contributed by atoms with Gasteiger partial charge in [-0.2, -0.15) is 0 Å². The maximum absolute atomic E-state index is 11.8. The van der Waals surface area contributed by atoms with Crippen molar-refractivity contribution in [2.24, 2.45) is 0 Å². The molecule has 0 aromatic heterocycles. The van der Waals surface area contributed by atoms with Crippen LogP contribution < -0.4 is 20.7 Å². The molecule has 0 aliphatic rings. The summed E-state index contributed by atoms with van der Waals surface area (Å²) in [7, 11) is 1.61. The van der Waals surface area contributed by atoms with Gasteiger partial charge < -0.3 is 20.7 Å². The van der Waals surface area contributed by atoms with Crippen LogP contribution in [0.3, 0.4) is 0 Å². The first-order valence-corrected chi connectivity index (χ1v) is 6.45. The van der Waals surface area contributed by atoms with Crippen molar-refractivity contribution in [3.8, 4) is 5.75 Å². The van der Waals surface area contributed by atoms with Crippen LogP contribution in [0.4, 0.5) is 11.4 Å². The molecule has 0 unspecified atom stereocenters. The van der Waals surface area contributed by atoms with Gasteiger partial charge in [-0.05, 0) is 32.9 Å². The number of methoxy groups -OCH3 is 1. The highest BCUT2D eigenvalue weighted by molar-refractivity contribution is 5.83. The van der Waals surface area contributed by atoms with Crippen molar-refractivity contribution in [3.63, 3.8) is 0 Å². The zero-order chi connectivity index (χ0) is 14.4. The molecule has 3 N–H and O–H groups in total. The largest absolute Gasteiger partial charge is 0.497 e. The van der Waals surface area contributed by atoms with Gasteiger partial charge >= 0.3 is 0 Å². The SMILES string of the molecule is CCN(CC(=O)NC(C)C)c1cc(OC)ccc1N. The van der Waals surface area contributed by atoms with Crippen LogP contribution in [0, 0.1) is 0 Å². The van der Waals surface area contributed by atoms with Gasteiger partial charge in [0.25, 0.3) is 0 Å². The number of benzene rings is 1. The number of amides is 1. The Bertz CT molecular complexity index is 433. The first kappa shape index (κ1) is 15.1. The molecule has 0 aliphatic heterocycles. The number of likely N-dealkylation sites (N-methyl/N-ethyl adjacent to an activating group) is 1. The fourth-order valence-corrected chi connectivity index (χ4v) is 1.83. The lowest BCUT2D eigenvalue weighted by Crippen LogP contribution is -2.40. The van der Waals surface area contributed by atoms with Crippen LogP contribution in [0.15, 0.2) is 18.2 Å². The van der Waals surface area contributed by atoms with Crippen molar-refractivity contribution in [1.29, 1.82) is 0 Å². The van der Waals surface area contributed by atoms with E-state index in [1.54, 1.807) is 19.2 Å². The predicted octanol–water partition coefficient (Wildman–Crippen LogP) is 1.63. The van der Waals surface area contributed by atoms with Crippen molar-refractivity contribution in [1.82, 2.24) is 5.32 Å². The molecular weight excluding hydrogens is 242 g/mol. The summed E-state index contributed by atoms with van der Waals surface area (Å²) in [6.45, 7) is 6.85. The monoisotopic (exact) mass is 265 g/mol. The zero-order valence-electron chi connectivity index (χ0n) is 12.1. The molecule has 0 bridgehead atoms. The van der Waals surface area contributed by atoms with E-state index in [1.807, 2.05) is 31.7 Å². The Morgan fingerprint density at radius 3 is 2.68 bits per heavy atom. The number of hydrogen-bond donors (Lipinski definition) is 2. The molecule has 106 valence electrons. The molecule has 0 aliphatic carbocycles. The first-order valence-electron chi connectivity index (χ1n) is 6.45. The molecule has 19 heavy (non-hydrogen) atoms. The molecule has 0 saturated carbocycles. The Balaban J connectivity index is 2.87. The van der Waals surface area contributed by atoms with Crippen LogP contribution in [0.25, 0.3) is 0 Å². The van der Waals surface area contributed by atoms with Gasteiger partial charge in [-0.1, -0.05) is 0 Å². The van der Waals surface area contributed by atoms with E-state index in [1.165, 1.54) is 0 Å². The average molecular weight is 265 g/mol. The van der Waals surface area contributed by atoms with Crippen LogP contribution in [0.1, 0.15) is 20.8 Å². The van der Waals surface area contributed by atoms with E-state index in [0.717, 1.165) is 11.4 Å². The van der Waals surface area contributed by atoms with E-state index < -0.39 is 0 Å². The summed E-state index contributed by atoms with van der Waals surface area (Å²) in [5, 5.41) is 2.87. The van der Waals surface area contributed by atoms with Gasteiger partial charge in [0.15, 0.2) is 0 Å². The first-order chi connectivity index (χ1) is 8.97. The van der Waals surface area contributed by atoms with Crippen molar-refractivity contribution < 1.29 is 9.53 Å². The lowest BCUT2D eigenvalue weighted by Gasteiger charge is -2.25. The highest BCUT2D eigenvalue weighted by Gasteiger charge is 2.14. The van der Waals surface area contributed by atoms with E-state index >= 15 is 0 Å². The standard InChI is InChI=1S/C14H23N3O2/c1-5-17(9-14(18)16-10(2)3)13-8-11(19-4)6-7-12(13)15/h6-8,10H,5,9,15H2,1-4H3,(H,16,18). The number of ether oxygens (including phenoxy) is 1. The molecule has 1 aromatic carbocycles. The average Bonchev–Trinajstić information content (AvgIpc) is 2.36. The minimum Gasteiger partial charge on any atom is -0.497 e. The minimum atomic E-state index is -0.0148. The molecule has 1 rings (SSSR count). The Hall–Kier alpha value is -1.91. The number of rotatable bonds is 6. The van der Waals surface area contributed by atoms with Crippen LogP contribution in [0.5, 0.6) is 5.75 Å². The van der Waals surface area contributed by atoms with Gasteiger partial charge in [-0.25, -0.2) is 0 Å². The van der Waals surface area contributed by atoms with Gasteiger partial charge in [0.05, 0.1) is 25.0 Å². The second-order valence-electron chi connectivity index (χ2n) is 4.66. The molecule has 0 saturated heterocycles. The second-order valence-corrected chi connectivity index (χ2v) is 4.66. The zero-order valence-corrected chi connectivity index (χ0v) is 12.1. The smallest absolute Gasteiger partial charge is 0.239 e. The Morgan fingerprint density at radius 2 is 2.16 bits per heavy atom. The molecule has 5 heteroatoms. The minimum absolute atomic E-state index is 0.0148. The topological polar surface area (TPSA) is 67.6 Å². The van der Waals surface area contributed by atoms with E-state index in [0.29, 0.717) is 12.2 Å². The maximum atomic E-state index is 11.8. The van der Waals surface area contributed by atoms with E-state index in [9.17, 15) is 4.79 Å². The molecule has 0 heterocycles. The second kappa shape index (κ2) is 6.87. The Labute approximate surface area is 114 Å². The summed E-state index contributed by atoms with van der Waals surface area (Å²) in [5.74, 6) is 0.714. The third-order valence-electron chi connectivity index (χ3n) is 2.74. The van der Waals surface area contributed by atoms with Crippen molar-refractivity contribution in [2.75, 3.05) is 30.8 Å². The fourth-order valence-electron chi connectivity index (χ4n) is 1.83. The number of nitrogens with two attached hydrogens (primary N) is 1. The summed E-state index contributed by atoms with van der Waals surface area (Å²) in [5.41, 5.74) is 7.43. The molecule has 1 amide bonds. The molecule has 5 nitrogen and oxygen atoms in total. The Kier molecular flexibility index (Phi) is 5.48. The maximum Gasteiger partial charge on any atom is 0.239 e. The number of nitrogens with one attached hydrogen (secondary N) is 1. The summed E-state index contributed by atoms with van der Waals surface area (Å²) < 4.78 is 5.19. The van der Waals surface area contributed by atoms with Gasteiger partial charge in [0.2, 0.25) is 5.91 Å². The fraction of sp³-hybridized carbons (Fsp3) is 0.500. The third-order valence-corrected chi connectivity index (χ3v) is 2.74. The van der Waals surface area contributed by atoms with Crippen molar-refractivity contribution >= 4 is 17.3 Å². The molecule has 0 fully saturated rings.